The Labute approximate surface area is 115 Å². The fourth-order valence-electron chi connectivity index (χ4n) is 2.21. The average molecular weight is 278 g/mol. The van der Waals surface area contributed by atoms with Crippen LogP contribution in [-0.4, -0.2) is 41.4 Å². The first-order valence-corrected chi connectivity index (χ1v) is 6.21. The van der Waals surface area contributed by atoms with Gasteiger partial charge in [0.15, 0.2) is 0 Å². The molecule has 1 unspecified atom stereocenters. The van der Waals surface area contributed by atoms with E-state index in [4.69, 9.17) is 5.73 Å². The van der Waals surface area contributed by atoms with Gasteiger partial charge in [0.25, 0.3) is 0 Å². The number of hydrogen-bond donors (Lipinski definition) is 2. The van der Waals surface area contributed by atoms with Gasteiger partial charge >= 0.3 is 0 Å². The van der Waals surface area contributed by atoms with Crippen molar-refractivity contribution in [2.45, 2.75) is 51.6 Å². The number of carbonyl (C=O) groups excluding carboxylic acids is 2. The first-order valence-electron chi connectivity index (χ1n) is 6.21. The first-order chi connectivity index (χ1) is 7.87. The lowest BCUT2D eigenvalue weighted by atomic mass is 9.89. The highest BCUT2D eigenvalue weighted by Gasteiger charge is 2.38. The quantitative estimate of drug-likeness (QED) is 0.793. The Morgan fingerprint density at radius 3 is 2.39 bits per heavy atom. The number of piperidine rings is 1. The number of hydrogen-bond acceptors (Lipinski definition) is 3. The second-order valence-electron chi connectivity index (χ2n) is 5.21. The summed E-state index contributed by atoms with van der Waals surface area (Å²) in [4.78, 5) is 25.0. The molecule has 1 rings (SSSR count). The monoisotopic (exact) mass is 277 g/mol. The number of carbonyl (C=O) groups is 2. The lowest BCUT2D eigenvalue weighted by Crippen LogP contribution is -2.60. The van der Waals surface area contributed by atoms with E-state index in [9.17, 15) is 9.59 Å². The molecule has 1 heterocycles. The third-order valence-electron chi connectivity index (χ3n) is 3.30. The average Bonchev–Trinajstić information content (AvgIpc) is 2.25. The van der Waals surface area contributed by atoms with Crippen molar-refractivity contribution in [2.24, 2.45) is 5.73 Å². The van der Waals surface area contributed by atoms with Gasteiger partial charge in [-0.15, -0.1) is 12.4 Å². The molecule has 1 aliphatic heterocycles. The molecule has 0 spiro atoms. The van der Waals surface area contributed by atoms with Gasteiger partial charge in [-0.1, -0.05) is 0 Å². The van der Waals surface area contributed by atoms with Crippen LogP contribution >= 0.6 is 12.4 Å². The summed E-state index contributed by atoms with van der Waals surface area (Å²) in [7, 11) is 0. The van der Waals surface area contributed by atoms with Crippen LogP contribution < -0.4 is 11.1 Å². The molecule has 0 radical (unpaired) electrons. The van der Waals surface area contributed by atoms with Gasteiger partial charge in [-0.25, -0.2) is 0 Å². The summed E-state index contributed by atoms with van der Waals surface area (Å²) in [6.45, 7) is 6.55. The minimum Gasteiger partial charge on any atom is -0.368 e. The van der Waals surface area contributed by atoms with Crippen LogP contribution in [0.3, 0.4) is 0 Å². The number of nitrogens with two attached hydrogens (primary N) is 1. The summed E-state index contributed by atoms with van der Waals surface area (Å²) < 4.78 is 0. The van der Waals surface area contributed by atoms with Crippen LogP contribution in [0.4, 0.5) is 0 Å². The predicted molar refractivity (Wildman–Crippen MR) is 73.6 cm³/mol. The molecular formula is C12H24ClN3O2. The second kappa shape index (κ2) is 6.95. The fraction of sp³-hybridized carbons (Fsp3) is 0.833. The smallest absolute Gasteiger partial charge is 0.243 e. The van der Waals surface area contributed by atoms with Crippen LogP contribution in [0, 0.1) is 0 Å². The summed E-state index contributed by atoms with van der Waals surface area (Å²) in [5, 5.41) is 3.26. The Morgan fingerprint density at radius 1 is 1.39 bits per heavy atom. The van der Waals surface area contributed by atoms with Gasteiger partial charge in [0.2, 0.25) is 11.8 Å². The number of primary amides is 1. The van der Waals surface area contributed by atoms with Crippen molar-refractivity contribution >= 4 is 24.2 Å². The Balaban J connectivity index is 0.00000289. The van der Waals surface area contributed by atoms with E-state index in [1.165, 1.54) is 0 Å². The van der Waals surface area contributed by atoms with Crippen molar-refractivity contribution in [3.05, 3.63) is 0 Å². The van der Waals surface area contributed by atoms with Gasteiger partial charge in [-0.2, -0.15) is 0 Å². The fourth-order valence-corrected chi connectivity index (χ4v) is 2.21. The van der Waals surface area contributed by atoms with E-state index in [0.717, 1.165) is 25.8 Å². The highest BCUT2D eigenvalue weighted by atomic mass is 35.5. The van der Waals surface area contributed by atoms with Gasteiger partial charge < -0.3 is 16.0 Å². The largest absolute Gasteiger partial charge is 0.368 e. The molecule has 2 amide bonds. The Morgan fingerprint density at radius 2 is 2.00 bits per heavy atom. The van der Waals surface area contributed by atoms with Gasteiger partial charge in [0.05, 0.1) is 12.1 Å². The van der Waals surface area contributed by atoms with E-state index in [2.05, 4.69) is 5.32 Å². The van der Waals surface area contributed by atoms with E-state index in [1.54, 1.807) is 4.90 Å². The molecule has 0 saturated carbocycles. The molecule has 6 heteroatoms. The zero-order valence-corrected chi connectivity index (χ0v) is 12.2. The molecular weight excluding hydrogens is 254 g/mol. The number of amides is 2. The molecule has 3 N–H and O–H groups in total. The van der Waals surface area contributed by atoms with Gasteiger partial charge in [0, 0.05) is 6.04 Å². The highest BCUT2D eigenvalue weighted by Crippen LogP contribution is 2.22. The van der Waals surface area contributed by atoms with Crippen molar-refractivity contribution in [2.75, 3.05) is 13.1 Å². The van der Waals surface area contributed by atoms with Crippen LogP contribution in [-0.2, 0) is 9.59 Å². The van der Waals surface area contributed by atoms with Gasteiger partial charge in [-0.3, -0.25) is 9.59 Å². The van der Waals surface area contributed by atoms with Crippen molar-refractivity contribution in [3.63, 3.8) is 0 Å². The molecule has 0 aromatic rings. The number of rotatable bonds is 4. The van der Waals surface area contributed by atoms with Crippen molar-refractivity contribution in [3.8, 4) is 0 Å². The maximum atomic E-state index is 12.5. The molecule has 1 fully saturated rings. The lowest BCUT2D eigenvalue weighted by molar-refractivity contribution is -0.143. The summed E-state index contributed by atoms with van der Waals surface area (Å²) in [6.07, 6.45) is 2.95. The minimum atomic E-state index is -0.544. The van der Waals surface area contributed by atoms with Crippen LogP contribution in [0.5, 0.6) is 0 Å². The molecule has 5 nitrogen and oxygen atoms in total. The van der Waals surface area contributed by atoms with Crippen molar-refractivity contribution in [1.82, 2.24) is 10.2 Å². The van der Waals surface area contributed by atoms with Gasteiger partial charge in [0.1, 0.15) is 0 Å². The normalized spacial score (nSPS) is 23.3. The summed E-state index contributed by atoms with van der Waals surface area (Å²) in [5.74, 6) is -0.488. The van der Waals surface area contributed by atoms with E-state index in [1.807, 2.05) is 20.8 Å². The van der Waals surface area contributed by atoms with E-state index in [0.29, 0.717) is 0 Å². The molecule has 0 aromatic carbocycles. The van der Waals surface area contributed by atoms with Crippen LogP contribution in [0.15, 0.2) is 0 Å². The molecule has 0 aliphatic carbocycles. The third kappa shape index (κ3) is 4.14. The maximum Gasteiger partial charge on any atom is 0.243 e. The highest BCUT2D eigenvalue weighted by molar-refractivity contribution is 5.90. The molecule has 1 aliphatic rings. The van der Waals surface area contributed by atoms with Crippen molar-refractivity contribution in [1.29, 1.82) is 0 Å². The summed E-state index contributed by atoms with van der Waals surface area (Å²) in [5.41, 5.74) is 4.64. The molecule has 1 saturated heterocycles. The maximum absolute atomic E-state index is 12.5. The number of nitrogens with zero attached hydrogens (tertiary/aromatic N) is 1. The Bertz CT molecular complexity index is 302. The Hall–Kier alpha value is -0.810. The van der Waals surface area contributed by atoms with E-state index >= 15 is 0 Å². The number of halogens is 1. The molecule has 106 valence electrons. The SMILES string of the molecule is CC(C)N(CC(N)=O)C(=O)C1(C)CCCCN1.Cl. The minimum absolute atomic E-state index is 0. The van der Waals surface area contributed by atoms with Crippen molar-refractivity contribution < 1.29 is 9.59 Å². The van der Waals surface area contributed by atoms with E-state index < -0.39 is 11.4 Å². The van der Waals surface area contributed by atoms with E-state index in [-0.39, 0.29) is 30.9 Å². The summed E-state index contributed by atoms with van der Waals surface area (Å²) >= 11 is 0. The molecule has 1 atom stereocenters. The van der Waals surface area contributed by atoms with Crippen LogP contribution in [0.25, 0.3) is 0 Å². The molecule has 18 heavy (non-hydrogen) atoms. The summed E-state index contributed by atoms with van der Waals surface area (Å²) in [6, 6.07) is -0.0180. The topological polar surface area (TPSA) is 75.4 Å². The zero-order chi connectivity index (χ0) is 13.1. The zero-order valence-electron chi connectivity index (χ0n) is 11.4. The van der Waals surface area contributed by atoms with Crippen LogP contribution in [0.2, 0.25) is 0 Å². The molecule has 0 bridgehead atoms. The standard InChI is InChI=1S/C12H23N3O2.ClH/c1-9(2)15(8-10(13)16)11(17)12(3)6-4-5-7-14-12;/h9,14H,4-8H2,1-3H3,(H2,13,16);1H. The first kappa shape index (κ1) is 17.2. The number of nitrogens with one attached hydrogen (secondary N) is 1. The third-order valence-corrected chi connectivity index (χ3v) is 3.30. The lowest BCUT2D eigenvalue weighted by Gasteiger charge is -2.39. The molecule has 0 aromatic heterocycles. The second-order valence-corrected chi connectivity index (χ2v) is 5.21. The van der Waals surface area contributed by atoms with Gasteiger partial charge in [-0.05, 0) is 46.6 Å². The predicted octanol–water partition coefficient (Wildman–Crippen LogP) is 0.663. The Kier molecular flexibility index (Phi) is 6.63. The van der Waals surface area contributed by atoms with Crippen LogP contribution in [0.1, 0.15) is 40.0 Å².